The molecule has 0 heterocycles. The molecule has 16 heavy (non-hydrogen) atoms. The zero-order valence-electron chi connectivity index (χ0n) is 11.1. The Morgan fingerprint density at radius 2 is 1.88 bits per heavy atom. The lowest BCUT2D eigenvalue weighted by molar-refractivity contribution is 0.144. The van der Waals surface area contributed by atoms with E-state index in [9.17, 15) is 0 Å². The zero-order chi connectivity index (χ0) is 11.6. The molecular weight excluding hydrogens is 198 g/mol. The minimum absolute atomic E-state index is 0.847. The van der Waals surface area contributed by atoms with Crippen molar-refractivity contribution >= 4 is 0 Å². The molecule has 0 aromatic carbocycles. The minimum atomic E-state index is 0.847. The van der Waals surface area contributed by atoms with Crippen molar-refractivity contribution in [2.24, 2.45) is 11.8 Å². The van der Waals surface area contributed by atoms with Gasteiger partial charge in [0.25, 0.3) is 0 Å². The van der Waals surface area contributed by atoms with Crippen LogP contribution < -0.4 is 5.32 Å². The molecule has 1 saturated carbocycles. The van der Waals surface area contributed by atoms with Crippen molar-refractivity contribution in [3.05, 3.63) is 0 Å². The Morgan fingerprint density at radius 1 is 1.12 bits per heavy atom. The standard InChI is InChI=1S/C14H29NO/c1-3-16-12-4-10-15-11-9-14-7-5-13(2)6-8-14/h13-15H,3-12H2,1-2H3. The van der Waals surface area contributed by atoms with E-state index in [2.05, 4.69) is 19.2 Å². The Labute approximate surface area is 101 Å². The van der Waals surface area contributed by atoms with Gasteiger partial charge in [0.1, 0.15) is 0 Å². The first-order valence-electron chi connectivity index (χ1n) is 7.11. The monoisotopic (exact) mass is 227 g/mol. The predicted octanol–water partition coefficient (Wildman–Crippen LogP) is 3.22. The Hall–Kier alpha value is -0.0800. The highest BCUT2D eigenvalue weighted by atomic mass is 16.5. The van der Waals surface area contributed by atoms with Crippen LogP contribution in [0.3, 0.4) is 0 Å². The molecule has 0 unspecified atom stereocenters. The summed E-state index contributed by atoms with van der Waals surface area (Å²) >= 11 is 0. The predicted molar refractivity (Wildman–Crippen MR) is 69.7 cm³/mol. The van der Waals surface area contributed by atoms with E-state index < -0.39 is 0 Å². The number of ether oxygens (including phenoxy) is 1. The van der Waals surface area contributed by atoms with Crippen LogP contribution in [0.25, 0.3) is 0 Å². The van der Waals surface area contributed by atoms with Crippen LogP contribution in [-0.2, 0) is 4.74 Å². The lowest BCUT2D eigenvalue weighted by atomic mass is 9.81. The normalized spacial score (nSPS) is 25.9. The van der Waals surface area contributed by atoms with Crippen LogP contribution in [0.15, 0.2) is 0 Å². The van der Waals surface area contributed by atoms with Gasteiger partial charge < -0.3 is 10.1 Å². The summed E-state index contributed by atoms with van der Waals surface area (Å²) in [5.41, 5.74) is 0. The summed E-state index contributed by atoms with van der Waals surface area (Å²) in [6.45, 7) is 8.51. The maximum Gasteiger partial charge on any atom is 0.0477 e. The SMILES string of the molecule is CCOCCCNCCC1CCC(C)CC1. The van der Waals surface area contributed by atoms with Crippen molar-refractivity contribution < 1.29 is 4.74 Å². The van der Waals surface area contributed by atoms with Gasteiger partial charge in [-0.25, -0.2) is 0 Å². The first-order chi connectivity index (χ1) is 7.83. The molecule has 96 valence electrons. The molecule has 0 spiro atoms. The van der Waals surface area contributed by atoms with Crippen LogP contribution in [0.4, 0.5) is 0 Å². The van der Waals surface area contributed by atoms with Crippen molar-refractivity contribution in [3.63, 3.8) is 0 Å². The maximum atomic E-state index is 5.30. The van der Waals surface area contributed by atoms with E-state index in [1.54, 1.807) is 0 Å². The fraction of sp³-hybridized carbons (Fsp3) is 1.00. The summed E-state index contributed by atoms with van der Waals surface area (Å²) in [4.78, 5) is 0. The van der Waals surface area contributed by atoms with Gasteiger partial charge in [-0.15, -0.1) is 0 Å². The van der Waals surface area contributed by atoms with Gasteiger partial charge in [-0.05, 0) is 44.7 Å². The van der Waals surface area contributed by atoms with Gasteiger partial charge in [-0.3, -0.25) is 0 Å². The molecular formula is C14H29NO. The highest BCUT2D eigenvalue weighted by Gasteiger charge is 2.17. The molecule has 2 heteroatoms. The van der Waals surface area contributed by atoms with E-state index in [0.29, 0.717) is 0 Å². The van der Waals surface area contributed by atoms with Crippen molar-refractivity contribution in [1.29, 1.82) is 0 Å². The third-order valence-corrected chi connectivity index (χ3v) is 3.71. The molecule has 0 radical (unpaired) electrons. The van der Waals surface area contributed by atoms with E-state index in [-0.39, 0.29) is 0 Å². The highest BCUT2D eigenvalue weighted by Crippen LogP contribution is 2.29. The molecule has 0 aliphatic heterocycles. The van der Waals surface area contributed by atoms with E-state index in [0.717, 1.165) is 38.0 Å². The van der Waals surface area contributed by atoms with Gasteiger partial charge >= 0.3 is 0 Å². The fourth-order valence-corrected chi connectivity index (χ4v) is 2.49. The van der Waals surface area contributed by atoms with Gasteiger partial charge in [0, 0.05) is 13.2 Å². The van der Waals surface area contributed by atoms with Crippen LogP contribution in [0.5, 0.6) is 0 Å². The van der Waals surface area contributed by atoms with Crippen molar-refractivity contribution in [1.82, 2.24) is 5.32 Å². The molecule has 0 bridgehead atoms. The van der Waals surface area contributed by atoms with Crippen molar-refractivity contribution in [2.45, 2.75) is 52.4 Å². The van der Waals surface area contributed by atoms with Gasteiger partial charge in [-0.1, -0.05) is 32.6 Å². The maximum absolute atomic E-state index is 5.30. The van der Waals surface area contributed by atoms with Crippen molar-refractivity contribution in [3.8, 4) is 0 Å². The molecule has 0 atom stereocenters. The van der Waals surface area contributed by atoms with Crippen LogP contribution in [0.2, 0.25) is 0 Å². The lowest BCUT2D eigenvalue weighted by Gasteiger charge is -2.26. The molecule has 1 fully saturated rings. The molecule has 0 amide bonds. The van der Waals surface area contributed by atoms with Crippen LogP contribution in [0.1, 0.15) is 52.4 Å². The third kappa shape index (κ3) is 6.49. The van der Waals surface area contributed by atoms with Crippen LogP contribution >= 0.6 is 0 Å². The summed E-state index contributed by atoms with van der Waals surface area (Å²) in [7, 11) is 0. The second-order valence-electron chi connectivity index (χ2n) is 5.22. The molecule has 0 aromatic heterocycles. The lowest BCUT2D eigenvalue weighted by Crippen LogP contribution is -2.22. The second-order valence-corrected chi connectivity index (χ2v) is 5.22. The van der Waals surface area contributed by atoms with Gasteiger partial charge in [0.05, 0.1) is 0 Å². The van der Waals surface area contributed by atoms with E-state index in [1.807, 2.05) is 0 Å². The molecule has 1 rings (SSSR count). The number of hydrogen-bond acceptors (Lipinski definition) is 2. The summed E-state index contributed by atoms with van der Waals surface area (Å²) in [6, 6.07) is 0. The summed E-state index contributed by atoms with van der Waals surface area (Å²) in [5, 5.41) is 3.52. The number of hydrogen-bond donors (Lipinski definition) is 1. The van der Waals surface area contributed by atoms with Gasteiger partial charge in [0.15, 0.2) is 0 Å². The van der Waals surface area contributed by atoms with E-state index >= 15 is 0 Å². The molecule has 0 saturated heterocycles. The number of rotatable bonds is 8. The Bertz CT molecular complexity index is 153. The summed E-state index contributed by atoms with van der Waals surface area (Å²) in [6.07, 6.45) is 8.35. The average Bonchev–Trinajstić information content (AvgIpc) is 2.30. The van der Waals surface area contributed by atoms with Crippen LogP contribution in [-0.4, -0.2) is 26.3 Å². The molecule has 1 aliphatic rings. The number of nitrogens with one attached hydrogen (secondary N) is 1. The minimum Gasteiger partial charge on any atom is -0.382 e. The van der Waals surface area contributed by atoms with E-state index in [4.69, 9.17) is 4.74 Å². The van der Waals surface area contributed by atoms with Crippen molar-refractivity contribution in [2.75, 3.05) is 26.3 Å². The van der Waals surface area contributed by atoms with Gasteiger partial charge in [0.2, 0.25) is 0 Å². The first-order valence-corrected chi connectivity index (χ1v) is 7.11. The largest absolute Gasteiger partial charge is 0.382 e. The van der Waals surface area contributed by atoms with Gasteiger partial charge in [-0.2, -0.15) is 0 Å². The molecule has 0 aromatic rings. The Morgan fingerprint density at radius 3 is 2.56 bits per heavy atom. The average molecular weight is 227 g/mol. The first kappa shape index (κ1) is 14.0. The second kappa shape index (κ2) is 9.00. The molecule has 1 aliphatic carbocycles. The summed E-state index contributed by atoms with van der Waals surface area (Å²) in [5.74, 6) is 1.98. The Balaban J connectivity index is 1.84. The smallest absolute Gasteiger partial charge is 0.0477 e. The van der Waals surface area contributed by atoms with E-state index in [1.165, 1.54) is 38.6 Å². The third-order valence-electron chi connectivity index (χ3n) is 3.71. The molecule has 2 nitrogen and oxygen atoms in total. The fourth-order valence-electron chi connectivity index (χ4n) is 2.49. The Kier molecular flexibility index (Phi) is 7.87. The zero-order valence-corrected chi connectivity index (χ0v) is 11.1. The topological polar surface area (TPSA) is 21.3 Å². The van der Waals surface area contributed by atoms with Crippen LogP contribution in [0, 0.1) is 11.8 Å². The highest BCUT2D eigenvalue weighted by molar-refractivity contribution is 4.70. The quantitative estimate of drug-likeness (QED) is 0.643. The molecule has 1 N–H and O–H groups in total. The summed E-state index contributed by atoms with van der Waals surface area (Å²) < 4.78 is 5.30.